The first-order chi connectivity index (χ1) is 14.2. The van der Waals surface area contributed by atoms with Crippen LogP contribution in [0.1, 0.15) is 52.9 Å². The van der Waals surface area contributed by atoms with Crippen LogP contribution in [0.3, 0.4) is 0 Å². The van der Waals surface area contributed by atoms with Crippen LogP contribution in [-0.2, 0) is 16.6 Å². The summed E-state index contributed by atoms with van der Waals surface area (Å²) in [6.45, 7) is 5.42. The van der Waals surface area contributed by atoms with E-state index < -0.39 is 17.7 Å². The van der Waals surface area contributed by atoms with Crippen LogP contribution in [0.4, 0.5) is 10.5 Å². The van der Waals surface area contributed by atoms with Gasteiger partial charge in [0.05, 0.1) is 0 Å². The van der Waals surface area contributed by atoms with E-state index >= 15 is 0 Å². The van der Waals surface area contributed by atoms with Gasteiger partial charge in [-0.15, -0.1) is 10.2 Å². The second-order valence-electron chi connectivity index (χ2n) is 8.85. The Morgan fingerprint density at radius 3 is 2.37 bits per heavy atom. The maximum atomic E-state index is 13.1. The van der Waals surface area contributed by atoms with Crippen molar-refractivity contribution in [2.24, 2.45) is 13.0 Å². The first-order valence-electron chi connectivity index (χ1n) is 10.5. The van der Waals surface area contributed by atoms with Crippen LogP contribution in [-0.4, -0.2) is 38.4 Å². The zero-order valence-corrected chi connectivity index (χ0v) is 18.1. The van der Waals surface area contributed by atoms with Gasteiger partial charge in [-0.25, -0.2) is 4.79 Å². The Morgan fingerprint density at radius 1 is 1.13 bits per heavy atom. The standard InChI is InChI=1S/C22H31N5O3/c1-22(2,3)30-21(29)25-18(15-8-6-5-7-9-15)20(28)24-17-12-10-16(11-13-17)19-26-23-14-27(19)4/h10-15,18H,5-9H2,1-4H3,(H,24,28)(H,25,29)/t18-/m0/s1. The van der Waals surface area contributed by atoms with Gasteiger partial charge < -0.3 is 19.9 Å². The number of nitrogens with zero attached hydrogens (tertiary/aromatic N) is 3. The second-order valence-corrected chi connectivity index (χ2v) is 8.85. The van der Waals surface area contributed by atoms with Crippen LogP contribution in [0.5, 0.6) is 0 Å². The molecule has 1 saturated carbocycles. The molecule has 0 bridgehead atoms. The molecule has 162 valence electrons. The highest BCUT2D eigenvalue weighted by molar-refractivity contribution is 5.97. The minimum Gasteiger partial charge on any atom is -0.444 e. The predicted molar refractivity (Wildman–Crippen MR) is 115 cm³/mol. The number of amides is 2. The first kappa shape index (κ1) is 21.8. The van der Waals surface area contributed by atoms with Gasteiger partial charge >= 0.3 is 6.09 Å². The van der Waals surface area contributed by atoms with Crippen LogP contribution in [0.25, 0.3) is 11.4 Å². The molecule has 1 fully saturated rings. The summed E-state index contributed by atoms with van der Waals surface area (Å²) in [6, 6.07) is 6.80. The molecule has 8 heteroatoms. The van der Waals surface area contributed by atoms with Gasteiger partial charge in [0.25, 0.3) is 0 Å². The summed E-state index contributed by atoms with van der Waals surface area (Å²) in [6.07, 6.45) is 6.21. The van der Waals surface area contributed by atoms with E-state index in [1.807, 2.05) is 35.9 Å². The molecule has 1 aliphatic rings. The monoisotopic (exact) mass is 413 g/mol. The molecule has 1 aliphatic carbocycles. The quantitative estimate of drug-likeness (QED) is 0.775. The third-order valence-electron chi connectivity index (χ3n) is 5.20. The average Bonchev–Trinajstić information content (AvgIpc) is 3.12. The number of carbonyl (C=O) groups is 2. The number of ether oxygens (including phenoxy) is 1. The van der Waals surface area contributed by atoms with Crippen molar-refractivity contribution in [3.63, 3.8) is 0 Å². The SMILES string of the molecule is Cn1cnnc1-c1ccc(NC(=O)[C@@H](NC(=O)OC(C)(C)C)C2CCCCC2)cc1. The number of alkyl carbamates (subject to hydrolysis) is 1. The van der Waals surface area contributed by atoms with Crippen LogP contribution < -0.4 is 10.6 Å². The Kier molecular flexibility index (Phi) is 6.74. The summed E-state index contributed by atoms with van der Waals surface area (Å²) in [5.41, 5.74) is 0.953. The minimum absolute atomic E-state index is 0.101. The molecule has 2 N–H and O–H groups in total. The Bertz CT molecular complexity index is 864. The van der Waals surface area contributed by atoms with Crippen molar-refractivity contribution in [1.29, 1.82) is 0 Å². The van der Waals surface area contributed by atoms with Crippen LogP contribution in [0.15, 0.2) is 30.6 Å². The number of hydrogen-bond donors (Lipinski definition) is 2. The van der Waals surface area contributed by atoms with E-state index in [1.54, 1.807) is 27.1 Å². The van der Waals surface area contributed by atoms with Crippen molar-refractivity contribution >= 4 is 17.7 Å². The largest absolute Gasteiger partial charge is 0.444 e. The van der Waals surface area contributed by atoms with Gasteiger partial charge in [-0.3, -0.25) is 4.79 Å². The number of rotatable bonds is 5. The topological polar surface area (TPSA) is 98.1 Å². The fourth-order valence-electron chi connectivity index (χ4n) is 3.77. The number of benzene rings is 1. The normalized spacial score (nSPS) is 16.0. The smallest absolute Gasteiger partial charge is 0.408 e. The fourth-order valence-corrected chi connectivity index (χ4v) is 3.77. The van der Waals surface area contributed by atoms with E-state index in [2.05, 4.69) is 20.8 Å². The lowest BCUT2D eigenvalue weighted by molar-refractivity contribution is -0.119. The van der Waals surface area contributed by atoms with Gasteiger partial charge in [0.2, 0.25) is 5.91 Å². The molecule has 2 amide bonds. The van der Waals surface area contributed by atoms with Crippen molar-refractivity contribution in [3.8, 4) is 11.4 Å². The van der Waals surface area contributed by atoms with Crippen LogP contribution >= 0.6 is 0 Å². The molecular weight excluding hydrogens is 382 g/mol. The Hall–Kier alpha value is -2.90. The molecule has 1 aromatic heterocycles. The maximum Gasteiger partial charge on any atom is 0.408 e. The highest BCUT2D eigenvalue weighted by Gasteiger charge is 2.32. The molecule has 1 atom stereocenters. The number of anilines is 1. The summed E-state index contributed by atoms with van der Waals surface area (Å²) in [5, 5.41) is 13.7. The van der Waals surface area contributed by atoms with Crippen molar-refractivity contribution in [1.82, 2.24) is 20.1 Å². The highest BCUT2D eigenvalue weighted by Crippen LogP contribution is 2.28. The molecule has 0 spiro atoms. The van der Waals surface area contributed by atoms with E-state index in [1.165, 1.54) is 6.42 Å². The molecule has 1 heterocycles. The lowest BCUT2D eigenvalue weighted by atomic mass is 9.83. The second kappa shape index (κ2) is 9.28. The van der Waals surface area contributed by atoms with Gasteiger partial charge in [0.15, 0.2) is 5.82 Å². The van der Waals surface area contributed by atoms with Gasteiger partial charge in [-0.05, 0) is 63.8 Å². The summed E-state index contributed by atoms with van der Waals surface area (Å²) >= 11 is 0. The predicted octanol–water partition coefficient (Wildman–Crippen LogP) is 3.89. The Labute approximate surface area is 177 Å². The third-order valence-corrected chi connectivity index (χ3v) is 5.20. The maximum absolute atomic E-state index is 13.1. The summed E-state index contributed by atoms with van der Waals surface area (Å²) in [4.78, 5) is 25.4. The highest BCUT2D eigenvalue weighted by atomic mass is 16.6. The number of carbonyl (C=O) groups excluding carboxylic acids is 2. The van der Waals surface area contributed by atoms with Gasteiger partial charge in [0.1, 0.15) is 18.0 Å². The molecule has 3 rings (SSSR count). The zero-order valence-electron chi connectivity index (χ0n) is 18.1. The third kappa shape index (κ3) is 5.81. The lowest BCUT2D eigenvalue weighted by Gasteiger charge is -2.31. The number of hydrogen-bond acceptors (Lipinski definition) is 5. The Morgan fingerprint density at radius 2 is 1.80 bits per heavy atom. The first-order valence-corrected chi connectivity index (χ1v) is 10.5. The summed E-state index contributed by atoms with van der Waals surface area (Å²) in [7, 11) is 1.88. The van der Waals surface area contributed by atoms with Crippen molar-refractivity contribution in [2.45, 2.75) is 64.5 Å². The van der Waals surface area contributed by atoms with Crippen molar-refractivity contribution in [2.75, 3.05) is 5.32 Å². The van der Waals surface area contributed by atoms with E-state index in [0.29, 0.717) is 5.69 Å². The van der Waals surface area contributed by atoms with Gasteiger partial charge in [-0.2, -0.15) is 0 Å². The van der Waals surface area contributed by atoms with Crippen molar-refractivity contribution < 1.29 is 14.3 Å². The van der Waals surface area contributed by atoms with E-state index in [4.69, 9.17) is 4.74 Å². The average molecular weight is 414 g/mol. The lowest BCUT2D eigenvalue weighted by Crippen LogP contribution is -2.50. The van der Waals surface area contributed by atoms with E-state index in [9.17, 15) is 9.59 Å². The van der Waals surface area contributed by atoms with E-state index in [0.717, 1.165) is 37.1 Å². The minimum atomic E-state index is -0.626. The number of aromatic nitrogens is 3. The zero-order chi connectivity index (χ0) is 21.7. The molecule has 30 heavy (non-hydrogen) atoms. The Balaban J connectivity index is 1.70. The van der Waals surface area contributed by atoms with Gasteiger partial charge in [0, 0.05) is 18.3 Å². The van der Waals surface area contributed by atoms with Crippen molar-refractivity contribution in [3.05, 3.63) is 30.6 Å². The van der Waals surface area contributed by atoms with Crippen LogP contribution in [0.2, 0.25) is 0 Å². The molecule has 0 saturated heterocycles. The molecule has 2 aromatic rings. The molecule has 0 aliphatic heterocycles. The molecule has 0 radical (unpaired) electrons. The molecule has 1 aromatic carbocycles. The fraction of sp³-hybridized carbons (Fsp3) is 0.545. The number of nitrogens with one attached hydrogen (secondary N) is 2. The summed E-state index contributed by atoms with van der Waals surface area (Å²) < 4.78 is 7.21. The molecular formula is C22H31N5O3. The molecule has 8 nitrogen and oxygen atoms in total. The van der Waals surface area contributed by atoms with Gasteiger partial charge in [-0.1, -0.05) is 19.3 Å². The summed E-state index contributed by atoms with van der Waals surface area (Å²) in [5.74, 6) is 0.628. The number of aryl methyl sites for hydroxylation is 1. The van der Waals surface area contributed by atoms with Crippen LogP contribution in [0, 0.1) is 5.92 Å². The molecule has 0 unspecified atom stereocenters. The van der Waals surface area contributed by atoms with E-state index in [-0.39, 0.29) is 11.8 Å².